The fourth-order valence-electron chi connectivity index (χ4n) is 4.92. The van der Waals surface area contributed by atoms with E-state index in [4.69, 9.17) is 19.1 Å². The molecule has 0 spiro atoms. The normalized spacial score (nSPS) is 17.1. The smallest absolute Gasteiger partial charge is 0.317 e. The fourth-order valence-corrected chi connectivity index (χ4v) is 6.01. The highest BCUT2D eigenvalue weighted by molar-refractivity contribution is 7.19. The first-order valence-electron chi connectivity index (χ1n) is 13.3. The number of aliphatic imine (C=N–C) groups is 1. The molecule has 41 heavy (non-hydrogen) atoms. The summed E-state index contributed by atoms with van der Waals surface area (Å²) >= 11 is 1.53. The van der Waals surface area contributed by atoms with Gasteiger partial charge in [0.05, 0.1) is 24.6 Å². The van der Waals surface area contributed by atoms with E-state index >= 15 is 0 Å². The minimum atomic E-state index is -0.899. The highest BCUT2D eigenvalue weighted by atomic mass is 32.1. The van der Waals surface area contributed by atoms with Gasteiger partial charge < -0.3 is 19.4 Å². The molecule has 3 aromatic heterocycles. The number of hydrogen-bond donors (Lipinski definition) is 1. The van der Waals surface area contributed by atoms with E-state index in [-0.39, 0.29) is 24.1 Å². The lowest BCUT2D eigenvalue weighted by molar-refractivity contribution is -0.119. The number of pyridine rings is 1. The Morgan fingerprint density at radius 2 is 1.73 bits per heavy atom. The van der Waals surface area contributed by atoms with Gasteiger partial charge in [-0.15, -0.1) is 5.10 Å². The summed E-state index contributed by atoms with van der Waals surface area (Å²) in [5.41, 5.74) is 4.86. The molecule has 2 aliphatic heterocycles. The van der Waals surface area contributed by atoms with E-state index in [0.717, 1.165) is 51.2 Å². The minimum Gasteiger partial charge on any atom is -0.402 e. The van der Waals surface area contributed by atoms with Crippen LogP contribution in [0, 0.1) is 0 Å². The number of ether oxygens (including phenoxy) is 1. The highest BCUT2D eigenvalue weighted by Crippen LogP contribution is 2.40. The molecule has 204 valence electrons. The number of nitrogens with zero attached hydrogens (tertiary/aromatic N) is 6. The number of aromatic nitrogens is 4. The number of ketones is 1. The number of benzene rings is 2. The molecule has 0 bridgehead atoms. The predicted octanol–water partition coefficient (Wildman–Crippen LogP) is 4.49. The van der Waals surface area contributed by atoms with Gasteiger partial charge in [-0.1, -0.05) is 77.1 Å². The van der Waals surface area contributed by atoms with Gasteiger partial charge in [-0.05, 0) is 17.7 Å². The lowest BCUT2D eigenvalue weighted by Gasteiger charge is -2.27. The Morgan fingerprint density at radius 1 is 0.927 bits per heavy atom. The van der Waals surface area contributed by atoms with E-state index in [1.165, 1.54) is 11.3 Å². The van der Waals surface area contributed by atoms with Gasteiger partial charge in [0, 0.05) is 36.8 Å². The molecule has 5 heterocycles. The number of thiazole rings is 1. The van der Waals surface area contributed by atoms with Crippen molar-refractivity contribution >= 4 is 33.8 Å². The van der Waals surface area contributed by atoms with Crippen LogP contribution in [0.1, 0.15) is 16.7 Å². The van der Waals surface area contributed by atoms with Crippen molar-refractivity contribution in [3.05, 3.63) is 95.7 Å². The molecule has 0 amide bonds. The van der Waals surface area contributed by atoms with Gasteiger partial charge >= 0.3 is 6.01 Å². The van der Waals surface area contributed by atoms with Crippen LogP contribution in [0.25, 0.3) is 22.3 Å². The summed E-state index contributed by atoms with van der Waals surface area (Å²) in [6.07, 6.45) is 1.07. The first-order valence-corrected chi connectivity index (χ1v) is 14.1. The topological polar surface area (TPSA) is 119 Å². The van der Waals surface area contributed by atoms with Crippen LogP contribution in [0.15, 0.2) is 88.4 Å². The first-order chi connectivity index (χ1) is 20.2. The van der Waals surface area contributed by atoms with Crippen molar-refractivity contribution in [2.24, 2.45) is 4.99 Å². The van der Waals surface area contributed by atoms with Gasteiger partial charge in [0.2, 0.25) is 0 Å². The standard InChI is InChI=1S/C30H25N7O3S/c38-23-18-20-10-4-5-11-21(20)24(19-8-2-1-3-9-19)32-26(23)34-30-36-35-27(40-30)25-29(37-14-16-39-17-15-37)41-28(33-25)22-12-6-7-13-31-22/h1-13,26H,14-18H2,(H,34,36)/t26-/m1/s1. The Balaban J connectivity index is 1.23. The number of morpholine rings is 1. The molecule has 1 saturated heterocycles. The Hall–Kier alpha value is -4.74. The Kier molecular flexibility index (Phi) is 6.79. The Labute approximate surface area is 239 Å². The molecule has 0 radical (unpaired) electrons. The molecule has 2 aromatic carbocycles. The van der Waals surface area contributed by atoms with Crippen LogP contribution in [-0.2, 0) is 16.0 Å². The number of nitrogens with one attached hydrogen (secondary N) is 1. The summed E-state index contributed by atoms with van der Waals surface area (Å²) < 4.78 is 11.6. The van der Waals surface area contributed by atoms with Crippen molar-refractivity contribution in [1.29, 1.82) is 0 Å². The SMILES string of the molecule is O=C1Cc2ccccc2C(c2ccccc2)=N[C@@H]1Nc1nnc(-c2nc(-c3ccccn3)sc2N2CCOCC2)o1. The van der Waals surface area contributed by atoms with E-state index in [0.29, 0.717) is 18.9 Å². The molecule has 5 aromatic rings. The molecule has 1 N–H and O–H groups in total. The molecular weight excluding hydrogens is 538 g/mol. The van der Waals surface area contributed by atoms with Crippen LogP contribution in [0.3, 0.4) is 0 Å². The van der Waals surface area contributed by atoms with E-state index in [9.17, 15) is 4.79 Å². The number of rotatable bonds is 6. The van der Waals surface area contributed by atoms with Crippen LogP contribution >= 0.6 is 11.3 Å². The van der Waals surface area contributed by atoms with Crippen molar-refractivity contribution in [3.63, 3.8) is 0 Å². The number of hydrogen-bond acceptors (Lipinski definition) is 11. The molecular formula is C30H25N7O3S. The average molecular weight is 564 g/mol. The second-order valence-corrected chi connectivity index (χ2v) is 10.6. The van der Waals surface area contributed by atoms with Crippen LogP contribution in [-0.4, -0.2) is 64.1 Å². The summed E-state index contributed by atoms with van der Waals surface area (Å²) in [5, 5.41) is 13.3. The Morgan fingerprint density at radius 3 is 2.56 bits per heavy atom. The molecule has 0 unspecified atom stereocenters. The third-order valence-corrected chi connectivity index (χ3v) is 8.07. The van der Waals surface area contributed by atoms with Gasteiger partial charge in [-0.2, -0.15) is 0 Å². The number of Topliss-reactive ketones (excluding diaryl/α,β-unsaturated/α-hetero) is 1. The van der Waals surface area contributed by atoms with Crippen molar-refractivity contribution in [2.75, 3.05) is 36.5 Å². The van der Waals surface area contributed by atoms with Crippen LogP contribution in [0.5, 0.6) is 0 Å². The molecule has 1 atom stereocenters. The third-order valence-electron chi connectivity index (χ3n) is 6.93. The zero-order valence-electron chi connectivity index (χ0n) is 21.9. The number of anilines is 2. The molecule has 0 aliphatic carbocycles. The largest absolute Gasteiger partial charge is 0.402 e. The maximum absolute atomic E-state index is 13.4. The summed E-state index contributed by atoms with van der Waals surface area (Å²) in [6, 6.07) is 23.5. The molecule has 2 aliphatic rings. The van der Waals surface area contributed by atoms with E-state index in [2.05, 4.69) is 25.4 Å². The van der Waals surface area contributed by atoms with Gasteiger partial charge in [0.15, 0.2) is 17.6 Å². The maximum atomic E-state index is 13.4. The quantitative estimate of drug-likeness (QED) is 0.319. The first kappa shape index (κ1) is 25.2. The maximum Gasteiger partial charge on any atom is 0.317 e. The fraction of sp³-hybridized carbons (Fsp3) is 0.200. The number of carbonyl (C=O) groups excluding carboxylic acids is 1. The molecule has 7 rings (SSSR count). The van der Waals surface area contributed by atoms with Gasteiger partial charge in [0.25, 0.3) is 5.89 Å². The van der Waals surface area contributed by atoms with E-state index in [1.54, 1.807) is 6.20 Å². The molecule has 0 saturated carbocycles. The van der Waals surface area contributed by atoms with Crippen molar-refractivity contribution < 1.29 is 13.9 Å². The second-order valence-electron chi connectivity index (χ2n) is 9.59. The summed E-state index contributed by atoms with van der Waals surface area (Å²) in [6.45, 7) is 2.70. The summed E-state index contributed by atoms with van der Waals surface area (Å²) in [4.78, 5) is 29.8. The van der Waals surface area contributed by atoms with Crippen molar-refractivity contribution in [1.82, 2.24) is 20.2 Å². The lowest BCUT2D eigenvalue weighted by Crippen LogP contribution is -2.35. The van der Waals surface area contributed by atoms with Crippen LogP contribution in [0.4, 0.5) is 11.0 Å². The highest BCUT2D eigenvalue weighted by Gasteiger charge is 2.29. The van der Waals surface area contributed by atoms with Crippen molar-refractivity contribution in [2.45, 2.75) is 12.6 Å². The summed E-state index contributed by atoms with van der Waals surface area (Å²) in [5.74, 6) is 0.160. The third kappa shape index (κ3) is 5.12. The molecule has 10 nitrogen and oxygen atoms in total. The number of carbonyl (C=O) groups is 1. The van der Waals surface area contributed by atoms with Crippen LogP contribution < -0.4 is 10.2 Å². The zero-order valence-corrected chi connectivity index (χ0v) is 22.8. The minimum absolute atomic E-state index is 0.0942. The van der Waals surface area contributed by atoms with Gasteiger partial charge in [0.1, 0.15) is 10.0 Å². The Bertz CT molecular complexity index is 1710. The molecule has 1 fully saturated rings. The monoisotopic (exact) mass is 563 g/mol. The zero-order chi connectivity index (χ0) is 27.6. The molecule has 11 heteroatoms. The second kappa shape index (κ2) is 11.0. The van der Waals surface area contributed by atoms with E-state index in [1.807, 2.05) is 72.8 Å². The summed E-state index contributed by atoms with van der Waals surface area (Å²) in [7, 11) is 0. The van der Waals surface area contributed by atoms with Crippen LogP contribution in [0.2, 0.25) is 0 Å². The van der Waals surface area contributed by atoms with E-state index < -0.39 is 6.17 Å². The number of fused-ring (bicyclic) bond motifs is 1. The van der Waals surface area contributed by atoms with Crippen molar-refractivity contribution in [3.8, 4) is 22.3 Å². The van der Waals surface area contributed by atoms with Gasteiger partial charge in [-0.3, -0.25) is 14.8 Å². The predicted molar refractivity (Wildman–Crippen MR) is 156 cm³/mol. The van der Waals surface area contributed by atoms with Gasteiger partial charge in [-0.25, -0.2) is 4.98 Å². The lowest BCUT2D eigenvalue weighted by atomic mass is 9.96. The average Bonchev–Trinajstić information content (AvgIpc) is 3.65.